The van der Waals surface area contributed by atoms with Crippen LogP contribution < -0.4 is 10.1 Å². The van der Waals surface area contributed by atoms with Crippen LogP contribution in [0.1, 0.15) is 65.5 Å². The molecule has 7 heteroatoms. The summed E-state index contributed by atoms with van der Waals surface area (Å²) in [5.74, 6) is 0.644. The van der Waals surface area contributed by atoms with Gasteiger partial charge in [0.1, 0.15) is 17.4 Å². The van der Waals surface area contributed by atoms with Crippen molar-refractivity contribution in [2.45, 2.75) is 78.9 Å². The number of hydrogen-bond acceptors (Lipinski definition) is 5. The fourth-order valence-electron chi connectivity index (χ4n) is 3.47. The molecule has 0 spiro atoms. The number of methoxy groups -OCH3 is 1. The zero-order chi connectivity index (χ0) is 24.3. The van der Waals surface area contributed by atoms with Gasteiger partial charge in [0.25, 0.3) is 0 Å². The molecular weight excluding hydrogens is 410 g/mol. The summed E-state index contributed by atoms with van der Waals surface area (Å²) in [7, 11) is 1.67. The lowest BCUT2D eigenvalue weighted by Gasteiger charge is -2.28. The van der Waals surface area contributed by atoms with Crippen LogP contribution >= 0.6 is 0 Å². The van der Waals surface area contributed by atoms with Crippen molar-refractivity contribution in [3.63, 3.8) is 0 Å². The van der Waals surface area contributed by atoms with Crippen LogP contribution in [0.4, 0.5) is 4.79 Å². The van der Waals surface area contributed by atoms with Crippen molar-refractivity contribution in [1.29, 1.82) is 0 Å². The molecule has 2 N–H and O–H groups in total. The summed E-state index contributed by atoms with van der Waals surface area (Å²) in [5.41, 5.74) is 1.56. The molecule has 182 valence electrons. The monoisotopic (exact) mass is 451 g/mol. The van der Waals surface area contributed by atoms with Gasteiger partial charge in [0.15, 0.2) is 0 Å². The van der Waals surface area contributed by atoms with Gasteiger partial charge in [0, 0.05) is 20.1 Å². The van der Waals surface area contributed by atoms with Crippen LogP contribution in [-0.4, -0.2) is 49.1 Å². The SMILES string of the molecule is CCc1ccc(C[C@H](CC(NC(=O)O)C(=O)OC(C)(C)C)C(C)C)cc1OCCCOC. The molecule has 0 aromatic heterocycles. The molecule has 0 fully saturated rings. The summed E-state index contributed by atoms with van der Waals surface area (Å²) in [6.07, 6.45) is 1.52. The van der Waals surface area contributed by atoms with E-state index in [4.69, 9.17) is 14.2 Å². The summed E-state index contributed by atoms with van der Waals surface area (Å²) in [5, 5.41) is 11.6. The molecule has 1 aromatic carbocycles. The lowest BCUT2D eigenvalue weighted by Crippen LogP contribution is -2.45. The maximum absolute atomic E-state index is 12.6. The fourth-order valence-corrected chi connectivity index (χ4v) is 3.47. The van der Waals surface area contributed by atoms with Crippen LogP contribution in [0.3, 0.4) is 0 Å². The second kappa shape index (κ2) is 13.3. The maximum Gasteiger partial charge on any atom is 0.405 e. The largest absolute Gasteiger partial charge is 0.493 e. The molecule has 0 saturated carbocycles. The van der Waals surface area contributed by atoms with Crippen molar-refractivity contribution in [3.8, 4) is 5.75 Å². The van der Waals surface area contributed by atoms with Crippen LogP contribution in [0.5, 0.6) is 5.75 Å². The molecule has 0 aliphatic rings. The van der Waals surface area contributed by atoms with E-state index in [9.17, 15) is 14.7 Å². The normalized spacial score (nSPS) is 13.5. The minimum atomic E-state index is -1.23. The van der Waals surface area contributed by atoms with Crippen LogP contribution in [0, 0.1) is 11.8 Å². The molecule has 0 aliphatic heterocycles. The average molecular weight is 452 g/mol. The standard InChI is InChI=1S/C25H41NO6/c1-8-19-11-10-18(15-22(19)31-13-9-12-30-7)14-20(17(2)3)16-21(26-24(28)29)23(27)32-25(4,5)6/h10-11,15,17,20-21,26H,8-9,12-14,16H2,1-7H3,(H,28,29)/t20-,21?/m1/s1. The van der Waals surface area contributed by atoms with E-state index >= 15 is 0 Å². The highest BCUT2D eigenvalue weighted by Gasteiger charge is 2.30. The minimum Gasteiger partial charge on any atom is -0.493 e. The van der Waals surface area contributed by atoms with Gasteiger partial charge < -0.3 is 24.6 Å². The third-order valence-corrected chi connectivity index (χ3v) is 5.23. The number of hydrogen-bond donors (Lipinski definition) is 2. The van der Waals surface area contributed by atoms with Gasteiger partial charge >= 0.3 is 12.1 Å². The third kappa shape index (κ3) is 10.4. The van der Waals surface area contributed by atoms with Crippen LogP contribution in [-0.2, 0) is 27.1 Å². The molecule has 2 atom stereocenters. The number of carboxylic acid groups (broad SMARTS) is 1. The van der Waals surface area contributed by atoms with Crippen LogP contribution in [0.15, 0.2) is 18.2 Å². The van der Waals surface area contributed by atoms with Crippen molar-refractivity contribution >= 4 is 12.1 Å². The zero-order valence-electron chi connectivity index (χ0n) is 20.7. The molecule has 1 aromatic rings. The average Bonchev–Trinajstić information content (AvgIpc) is 2.68. The molecule has 0 aliphatic carbocycles. The Labute approximate surface area is 192 Å². The Kier molecular flexibility index (Phi) is 11.5. The number of aryl methyl sites for hydroxylation is 1. The highest BCUT2D eigenvalue weighted by molar-refractivity contribution is 5.81. The first-order chi connectivity index (χ1) is 15.0. The Morgan fingerprint density at radius 3 is 2.38 bits per heavy atom. The van der Waals surface area contributed by atoms with E-state index < -0.39 is 23.7 Å². The van der Waals surface area contributed by atoms with Gasteiger partial charge in [-0.3, -0.25) is 0 Å². The maximum atomic E-state index is 12.6. The van der Waals surface area contributed by atoms with Crippen molar-refractivity contribution in [2.24, 2.45) is 11.8 Å². The van der Waals surface area contributed by atoms with E-state index in [2.05, 4.69) is 44.3 Å². The molecule has 1 unspecified atom stereocenters. The smallest absolute Gasteiger partial charge is 0.405 e. The Morgan fingerprint density at radius 2 is 1.84 bits per heavy atom. The number of carbonyl (C=O) groups excluding carboxylic acids is 1. The van der Waals surface area contributed by atoms with Gasteiger partial charge in [-0.05, 0) is 69.1 Å². The van der Waals surface area contributed by atoms with Crippen molar-refractivity contribution in [2.75, 3.05) is 20.3 Å². The lowest BCUT2D eigenvalue weighted by atomic mass is 9.84. The van der Waals surface area contributed by atoms with E-state index in [-0.39, 0.29) is 11.8 Å². The first-order valence-corrected chi connectivity index (χ1v) is 11.4. The Morgan fingerprint density at radius 1 is 1.16 bits per heavy atom. The molecule has 0 radical (unpaired) electrons. The van der Waals surface area contributed by atoms with Gasteiger partial charge in [-0.25, -0.2) is 9.59 Å². The van der Waals surface area contributed by atoms with Gasteiger partial charge in [0.05, 0.1) is 6.61 Å². The van der Waals surface area contributed by atoms with Gasteiger partial charge in [-0.15, -0.1) is 0 Å². The minimum absolute atomic E-state index is 0.0770. The second-order valence-corrected chi connectivity index (χ2v) is 9.47. The number of ether oxygens (including phenoxy) is 3. The predicted octanol–water partition coefficient (Wildman–Crippen LogP) is 4.85. The zero-order valence-corrected chi connectivity index (χ0v) is 20.7. The molecule has 1 amide bonds. The molecule has 0 heterocycles. The number of esters is 1. The van der Waals surface area contributed by atoms with Gasteiger partial charge in [-0.2, -0.15) is 0 Å². The van der Waals surface area contributed by atoms with E-state index in [1.54, 1.807) is 27.9 Å². The summed E-state index contributed by atoms with van der Waals surface area (Å²) < 4.78 is 16.5. The number of benzene rings is 1. The molecule has 0 bridgehead atoms. The summed E-state index contributed by atoms with van der Waals surface area (Å²) in [6, 6.07) is 5.32. The van der Waals surface area contributed by atoms with E-state index in [1.807, 2.05) is 0 Å². The Balaban J connectivity index is 3.00. The number of amides is 1. The Hall–Kier alpha value is -2.28. The first-order valence-electron chi connectivity index (χ1n) is 11.4. The lowest BCUT2D eigenvalue weighted by molar-refractivity contribution is -0.157. The van der Waals surface area contributed by atoms with Crippen LogP contribution in [0.25, 0.3) is 0 Å². The Bertz CT molecular complexity index is 726. The topological polar surface area (TPSA) is 94.1 Å². The van der Waals surface area contributed by atoms with Gasteiger partial charge in [0.2, 0.25) is 0 Å². The highest BCUT2D eigenvalue weighted by atomic mass is 16.6. The third-order valence-electron chi connectivity index (χ3n) is 5.23. The van der Waals surface area contributed by atoms with Crippen molar-refractivity contribution < 1.29 is 28.9 Å². The quantitative estimate of drug-likeness (QED) is 0.329. The summed E-state index contributed by atoms with van der Waals surface area (Å²) in [6.45, 7) is 12.8. The first kappa shape index (κ1) is 27.8. The fraction of sp³-hybridized carbons (Fsp3) is 0.680. The molecular formula is C25H41NO6. The number of nitrogens with one attached hydrogen (secondary N) is 1. The van der Waals surface area contributed by atoms with Crippen LogP contribution in [0.2, 0.25) is 0 Å². The second-order valence-electron chi connectivity index (χ2n) is 9.47. The van der Waals surface area contributed by atoms with Crippen molar-refractivity contribution in [3.05, 3.63) is 29.3 Å². The summed E-state index contributed by atoms with van der Waals surface area (Å²) >= 11 is 0. The van der Waals surface area contributed by atoms with E-state index in [1.165, 1.54) is 0 Å². The molecule has 7 nitrogen and oxygen atoms in total. The highest BCUT2D eigenvalue weighted by Crippen LogP contribution is 2.28. The molecule has 1 rings (SSSR count). The predicted molar refractivity (Wildman–Crippen MR) is 125 cm³/mol. The van der Waals surface area contributed by atoms with E-state index in [0.29, 0.717) is 26.1 Å². The molecule has 32 heavy (non-hydrogen) atoms. The van der Waals surface area contributed by atoms with E-state index in [0.717, 1.165) is 29.7 Å². The number of rotatable bonds is 13. The summed E-state index contributed by atoms with van der Waals surface area (Å²) in [4.78, 5) is 23.9. The number of carbonyl (C=O) groups is 2. The van der Waals surface area contributed by atoms with Gasteiger partial charge in [-0.1, -0.05) is 32.9 Å². The van der Waals surface area contributed by atoms with Crippen molar-refractivity contribution in [1.82, 2.24) is 5.32 Å². The molecule has 0 saturated heterocycles.